The van der Waals surface area contributed by atoms with E-state index in [-0.39, 0.29) is 0 Å². The van der Waals surface area contributed by atoms with E-state index in [0.29, 0.717) is 5.75 Å². The highest BCUT2D eigenvalue weighted by Gasteiger charge is 2.04. The second-order valence-electron chi connectivity index (χ2n) is 5.05. The van der Waals surface area contributed by atoms with Crippen molar-refractivity contribution in [3.63, 3.8) is 0 Å². The van der Waals surface area contributed by atoms with Crippen LogP contribution in [0.1, 0.15) is 24.5 Å². The van der Waals surface area contributed by atoms with Gasteiger partial charge in [0, 0.05) is 12.1 Å². The molecule has 21 heavy (non-hydrogen) atoms. The quantitative estimate of drug-likeness (QED) is 0.844. The fraction of sp³-hybridized carbons (Fsp3) is 0.263. The van der Waals surface area contributed by atoms with Crippen molar-refractivity contribution in [2.75, 3.05) is 13.1 Å². The predicted octanol–water partition coefficient (Wildman–Crippen LogP) is 3.66. The molecular formula is C19H21NO. The van der Waals surface area contributed by atoms with E-state index < -0.39 is 0 Å². The van der Waals surface area contributed by atoms with E-state index in [1.807, 2.05) is 48.5 Å². The average molecular weight is 279 g/mol. The third-order valence-corrected chi connectivity index (χ3v) is 3.17. The normalized spacial score (nSPS) is 10.2. The molecule has 1 N–H and O–H groups in total. The lowest BCUT2D eigenvalue weighted by atomic mass is 10.2. The lowest BCUT2D eigenvalue weighted by molar-refractivity contribution is 0.299. The Hall–Kier alpha value is -2.24. The Bertz CT molecular complexity index is 610. The molecule has 2 heteroatoms. The van der Waals surface area contributed by atoms with Crippen molar-refractivity contribution < 1.29 is 5.11 Å². The van der Waals surface area contributed by atoms with Crippen LogP contribution in [0, 0.1) is 11.8 Å². The number of hydrogen-bond acceptors (Lipinski definition) is 2. The summed E-state index contributed by atoms with van der Waals surface area (Å²) in [5, 5.41) is 9.53. The van der Waals surface area contributed by atoms with Crippen LogP contribution < -0.4 is 0 Å². The summed E-state index contributed by atoms with van der Waals surface area (Å²) in [5.74, 6) is 6.74. The van der Waals surface area contributed by atoms with Gasteiger partial charge in [-0.05, 0) is 42.8 Å². The molecule has 108 valence electrons. The largest absolute Gasteiger partial charge is 0.508 e. The number of rotatable bonds is 5. The summed E-state index contributed by atoms with van der Waals surface area (Å²) in [6.07, 6.45) is 1.09. The maximum atomic E-state index is 9.53. The summed E-state index contributed by atoms with van der Waals surface area (Å²) in [6.45, 7) is 4.71. The van der Waals surface area contributed by atoms with Gasteiger partial charge in [0.1, 0.15) is 5.75 Å². The van der Waals surface area contributed by atoms with Gasteiger partial charge in [0.15, 0.2) is 0 Å². The monoisotopic (exact) mass is 279 g/mol. The molecule has 2 nitrogen and oxygen atoms in total. The Balaban J connectivity index is 1.98. The van der Waals surface area contributed by atoms with Crippen molar-refractivity contribution in [2.24, 2.45) is 0 Å². The first-order chi connectivity index (χ1) is 10.3. The molecule has 0 heterocycles. The van der Waals surface area contributed by atoms with Crippen LogP contribution in [-0.2, 0) is 6.54 Å². The number of benzene rings is 2. The standard InChI is InChI=1S/C19H21NO/c1-2-13-20(16-18-10-6-12-19(21)15-18)14-7-11-17-8-4-3-5-9-17/h3-6,8-10,12,15,21H,2,13-14,16H2,1H3. The minimum absolute atomic E-state index is 0.319. The van der Waals surface area contributed by atoms with Gasteiger partial charge >= 0.3 is 0 Å². The molecule has 2 aromatic rings. The number of aromatic hydroxyl groups is 1. The fourth-order valence-corrected chi connectivity index (χ4v) is 2.22. The summed E-state index contributed by atoms with van der Waals surface area (Å²) in [7, 11) is 0. The summed E-state index contributed by atoms with van der Waals surface area (Å²) >= 11 is 0. The van der Waals surface area contributed by atoms with Crippen LogP contribution in [0.25, 0.3) is 0 Å². The Morgan fingerprint density at radius 1 is 1.05 bits per heavy atom. The number of hydrogen-bond donors (Lipinski definition) is 1. The van der Waals surface area contributed by atoms with E-state index in [2.05, 4.69) is 23.7 Å². The zero-order valence-electron chi connectivity index (χ0n) is 12.4. The first-order valence-corrected chi connectivity index (χ1v) is 7.32. The van der Waals surface area contributed by atoms with Crippen LogP contribution in [0.15, 0.2) is 54.6 Å². The molecule has 0 saturated heterocycles. The Kier molecular flexibility index (Phi) is 5.87. The molecule has 0 aromatic heterocycles. The Morgan fingerprint density at radius 2 is 1.86 bits per heavy atom. The van der Waals surface area contributed by atoms with E-state index in [0.717, 1.165) is 37.2 Å². The van der Waals surface area contributed by atoms with Gasteiger partial charge in [-0.15, -0.1) is 0 Å². The molecule has 0 aliphatic heterocycles. The highest BCUT2D eigenvalue weighted by molar-refractivity contribution is 5.34. The van der Waals surface area contributed by atoms with Crippen LogP contribution in [0.3, 0.4) is 0 Å². The lowest BCUT2D eigenvalue weighted by Crippen LogP contribution is -2.24. The van der Waals surface area contributed by atoms with Crippen LogP contribution in [0.2, 0.25) is 0 Å². The molecule has 0 atom stereocenters. The van der Waals surface area contributed by atoms with Gasteiger partial charge in [0.25, 0.3) is 0 Å². The van der Waals surface area contributed by atoms with Crippen LogP contribution in [0.4, 0.5) is 0 Å². The van der Waals surface area contributed by atoms with E-state index in [1.54, 1.807) is 6.07 Å². The Morgan fingerprint density at radius 3 is 2.57 bits per heavy atom. The summed E-state index contributed by atoms with van der Waals surface area (Å²) < 4.78 is 0. The first-order valence-electron chi connectivity index (χ1n) is 7.32. The first kappa shape index (κ1) is 15.2. The topological polar surface area (TPSA) is 23.5 Å². The molecule has 0 aliphatic carbocycles. The highest BCUT2D eigenvalue weighted by atomic mass is 16.3. The molecule has 0 amide bonds. The third kappa shape index (κ3) is 5.33. The molecule has 0 spiro atoms. The van der Waals surface area contributed by atoms with Crippen molar-refractivity contribution in [1.82, 2.24) is 4.90 Å². The number of phenols is 1. The van der Waals surface area contributed by atoms with Gasteiger partial charge < -0.3 is 5.11 Å². The van der Waals surface area contributed by atoms with E-state index in [4.69, 9.17) is 0 Å². The van der Waals surface area contributed by atoms with Crippen LogP contribution in [0.5, 0.6) is 5.75 Å². The van der Waals surface area contributed by atoms with Gasteiger partial charge in [-0.3, -0.25) is 4.90 Å². The van der Waals surface area contributed by atoms with Gasteiger partial charge in [-0.2, -0.15) is 0 Å². The summed E-state index contributed by atoms with van der Waals surface area (Å²) in [6, 6.07) is 17.5. The van der Waals surface area contributed by atoms with Crippen molar-refractivity contribution in [3.8, 4) is 17.6 Å². The summed E-state index contributed by atoms with van der Waals surface area (Å²) in [5.41, 5.74) is 2.16. The van der Waals surface area contributed by atoms with Crippen molar-refractivity contribution >= 4 is 0 Å². The third-order valence-electron chi connectivity index (χ3n) is 3.17. The predicted molar refractivity (Wildman–Crippen MR) is 87.0 cm³/mol. The van der Waals surface area contributed by atoms with Gasteiger partial charge in [0.05, 0.1) is 6.54 Å². The maximum absolute atomic E-state index is 9.53. The van der Waals surface area contributed by atoms with Gasteiger partial charge in [-0.25, -0.2) is 0 Å². The summed E-state index contributed by atoms with van der Waals surface area (Å²) in [4.78, 5) is 2.30. The lowest BCUT2D eigenvalue weighted by Gasteiger charge is -2.18. The number of nitrogens with zero attached hydrogens (tertiary/aromatic N) is 1. The molecular weight excluding hydrogens is 258 g/mol. The molecule has 0 fully saturated rings. The molecule has 0 unspecified atom stereocenters. The van der Waals surface area contributed by atoms with Crippen LogP contribution in [-0.4, -0.2) is 23.1 Å². The minimum atomic E-state index is 0.319. The maximum Gasteiger partial charge on any atom is 0.115 e. The van der Waals surface area contributed by atoms with E-state index in [9.17, 15) is 5.11 Å². The SMILES string of the molecule is CCCN(CC#Cc1ccccc1)Cc1cccc(O)c1. The molecule has 0 saturated carbocycles. The number of phenolic OH excluding ortho intramolecular Hbond substituents is 1. The highest BCUT2D eigenvalue weighted by Crippen LogP contribution is 2.13. The molecule has 0 bridgehead atoms. The van der Waals surface area contributed by atoms with Crippen molar-refractivity contribution in [3.05, 3.63) is 65.7 Å². The zero-order valence-corrected chi connectivity index (χ0v) is 12.4. The molecule has 0 radical (unpaired) electrons. The second-order valence-corrected chi connectivity index (χ2v) is 5.05. The zero-order chi connectivity index (χ0) is 14.9. The molecule has 0 aliphatic rings. The smallest absolute Gasteiger partial charge is 0.115 e. The molecule has 2 aromatic carbocycles. The minimum Gasteiger partial charge on any atom is -0.508 e. The average Bonchev–Trinajstić information content (AvgIpc) is 2.48. The fourth-order valence-electron chi connectivity index (χ4n) is 2.22. The van der Waals surface area contributed by atoms with E-state index in [1.165, 1.54) is 0 Å². The molecule has 2 rings (SSSR count). The second kappa shape index (κ2) is 8.14. The van der Waals surface area contributed by atoms with Gasteiger partial charge in [0.2, 0.25) is 0 Å². The van der Waals surface area contributed by atoms with Crippen molar-refractivity contribution in [2.45, 2.75) is 19.9 Å². The van der Waals surface area contributed by atoms with Crippen LogP contribution >= 0.6 is 0 Å². The van der Waals surface area contributed by atoms with E-state index >= 15 is 0 Å². The van der Waals surface area contributed by atoms with Gasteiger partial charge in [-0.1, -0.05) is 49.1 Å². The Labute approximate surface area is 127 Å². The van der Waals surface area contributed by atoms with Crippen molar-refractivity contribution in [1.29, 1.82) is 0 Å².